The fraction of sp³-hybridized carbons (Fsp3) is 0. The number of carbonyl (C=O) groups excluding carboxylic acids is 2. The molecule has 6 nitrogen and oxygen atoms in total. The SMILES string of the molecule is O=C(Oc1ccc(C=NNC(=O)c2cc3ccccc3cc2O)cc1)c1cccs1. The number of thiophene rings is 1. The second-order valence-electron chi connectivity index (χ2n) is 6.35. The summed E-state index contributed by atoms with van der Waals surface area (Å²) in [6.45, 7) is 0. The molecule has 4 aromatic rings. The van der Waals surface area contributed by atoms with E-state index in [0.29, 0.717) is 16.2 Å². The quantitative estimate of drug-likeness (QED) is 0.216. The Kier molecular flexibility index (Phi) is 5.54. The Bertz CT molecular complexity index is 1230. The van der Waals surface area contributed by atoms with Crippen LogP contribution >= 0.6 is 11.3 Å². The largest absolute Gasteiger partial charge is 0.507 e. The van der Waals surface area contributed by atoms with Crippen LogP contribution in [0.4, 0.5) is 0 Å². The van der Waals surface area contributed by atoms with E-state index in [0.717, 1.165) is 10.8 Å². The van der Waals surface area contributed by atoms with Crippen molar-refractivity contribution in [3.05, 3.63) is 94.2 Å². The second-order valence-corrected chi connectivity index (χ2v) is 7.30. The summed E-state index contributed by atoms with van der Waals surface area (Å²) >= 11 is 1.31. The summed E-state index contributed by atoms with van der Waals surface area (Å²) in [6.07, 6.45) is 1.46. The van der Waals surface area contributed by atoms with Crippen LogP contribution in [-0.2, 0) is 0 Å². The molecule has 0 unspecified atom stereocenters. The van der Waals surface area contributed by atoms with Crippen LogP contribution in [-0.4, -0.2) is 23.2 Å². The predicted octanol–water partition coefficient (Wildman–Crippen LogP) is 4.59. The number of rotatable bonds is 5. The summed E-state index contributed by atoms with van der Waals surface area (Å²) in [6, 6.07) is 20.8. The zero-order valence-corrected chi connectivity index (χ0v) is 16.4. The summed E-state index contributed by atoms with van der Waals surface area (Å²) in [5.74, 6) is -0.626. The zero-order chi connectivity index (χ0) is 20.9. The summed E-state index contributed by atoms with van der Waals surface area (Å²) in [4.78, 5) is 24.8. The zero-order valence-electron chi connectivity index (χ0n) is 15.6. The molecule has 0 spiro atoms. The van der Waals surface area contributed by atoms with Gasteiger partial charge in [0, 0.05) is 0 Å². The van der Waals surface area contributed by atoms with Crippen LogP contribution in [0.1, 0.15) is 25.6 Å². The van der Waals surface area contributed by atoms with E-state index in [1.165, 1.54) is 17.6 Å². The van der Waals surface area contributed by atoms with Crippen LogP contribution < -0.4 is 10.2 Å². The second kappa shape index (κ2) is 8.59. The minimum absolute atomic E-state index is 0.113. The highest BCUT2D eigenvalue weighted by Crippen LogP contribution is 2.24. The number of benzene rings is 3. The fourth-order valence-electron chi connectivity index (χ4n) is 2.81. The van der Waals surface area contributed by atoms with Gasteiger partial charge in [0.15, 0.2) is 0 Å². The maximum absolute atomic E-state index is 12.3. The summed E-state index contributed by atoms with van der Waals surface area (Å²) in [7, 11) is 0. The van der Waals surface area contributed by atoms with E-state index >= 15 is 0 Å². The van der Waals surface area contributed by atoms with Crippen molar-refractivity contribution in [2.75, 3.05) is 0 Å². The van der Waals surface area contributed by atoms with Gasteiger partial charge in [-0.1, -0.05) is 30.3 Å². The Morgan fingerprint density at radius 2 is 1.70 bits per heavy atom. The molecule has 0 saturated carbocycles. The molecule has 3 aromatic carbocycles. The van der Waals surface area contributed by atoms with E-state index in [4.69, 9.17) is 4.74 Å². The molecular weight excluding hydrogens is 400 g/mol. The molecule has 1 heterocycles. The molecule has 1 aromatic heterocycles. The molecule has 0 aliphatic carbocycles. The van der Waals surface area contributed by atoms with E-state index in [2.05, 4.69) is 10.5 Å². The number of hydrazone groups is 1. The fourth-order valence-corrected chi connectivity index (χ4v) is 3.41. The maximum Gasteiger partial charge on any atom is 0.353 e. The molecule has 7 heteroatoms. The van der Waals surface area contributed by atoms with Crippen LogP contribution in [0.2, 0.25) is 0 Å². The summed E-state index contributed by atoms with van der Waals surface area (Å²) in [5.41, 5.74) is 3.25. The van der Waals surface area contributed by atoms with E-state index < -0.39 is 11.9 Å². The highest BCUT2D eigenvalue weighted by molar-refractivity contribution is 7.12. The van der Waals surface area contributed by atoms with Gasteiger partial charge in [0.2, 0.25) is 0 Å². The number of hydrogen-bond donors (Lipinski definition) is 2. The molecular formula is C23H16N2O4S. The summed E-state index contributed by atoms with van der Waals surface area (Å²) in [5, 5.41) is 17.5. The normalized spacial score (nSPS) is 10.9. The average Bonchev–Trinajstić information content (AvgIpc) is 3.29. The van der Waals surface area contributed by atoms with Crippen molar-refractivity contribution in [1.29, 1.82) is 0 Å². The van der Waals surface area contributed by atoms with Gasteiger partial charge in [0.1, 0.15) is 16.4 Å². The predicted molar refractivity (Wildman–Crippen MR) is 116 cm³/mol. The first-order chi connectivity index (χ1) is 14.6. The van der Waals surface area contributed by atoms with Crippen LogP contribution in [0, 0.1) is 0 Å². The molecule has 2 N–H and O–H groups in total. The smallest absolute Gasteiger partial charge is 0.353 e. The first-order valence-corrected chi connectivity index (χ1v) is 9.89. The van der Waals surface area contributed by atoms with Crippen LogP contribution in [0.15, 0.2) is 83.3 Å². The van der Waals surface area contributed by atoms with Gasteiger partial charge in [-0.15, -0.1) is 11.3 Å². The highest BCUT2D eigenvalue weighted by atomic mass is 32.1. The average molecular weight is 416 g/mol. The van der Waals surface area contributed by atoms with Gasteiger partial charge in [-0.2, -0.15) is 5.10 Å². The van der Waals surface area contributed by atoms with Gasteiger partial charge >= 0.3 is 5.97 Å². The third kappa shape index (κ3) is 4.37. The molecule has 4 rings (SSSR count). The molecule has 148 valence electrons. The lowest BCUT2D eigenvalue weighted by Crippen LogP contribution is -2.17. The molecule has 0 fully saturated rings. The number of phenolic OH excluding ortho intramolecular Hbond substituents is 1. The number of hydrogen-bond acceptors (Lipinski definition) is 6. The minimum Gasteiger partial charge on any atom is -0.507 e. The maximum atomic E-state index is 12.3. The number of amides is 1. The highest BCUT2D eigenvalue weighted by Gasteiger charge is 2.12. The number of nitrogens with zero attached hydrogens (tertiary/aromatic N) is 1. The van der Waals surface area contributed by atoms with Crippen molar-refractivity contribution < 1.29 is 19.4 Å². The number of phenols is 1. The van der Waals surface area contributed by atoms with E-state index in [9.17, 15) is 14.7 Å². The van der Waals surface area contributed by atoms with Crippen molar-refractivity contribution in [2.45, 2.75) is 0 Å². The summed E-state index contributed by atoms with van der Waals surface area (Å²) < 4.78 is 5.29. The molecule has 0 radical (unpaired) electrons. The van der Waals surface area contributed by atoms with Crippen molar-refractivity contribution in [3.63, 3.8) is 0 Å². The van der Waals surface area contributed by atoms with Crippen LogP contribution in [0.5, 0.6) is 11.5 Å². The molecule has 0 aliphatic heterocycles. The van der Waals surface area contributed by atoms with Gasteiger partial charge in [-0.05, 0) is 64.2 Å². The minimum atomic E-state index is -0.518. The first-order valence-electron chi connectivity index (χ1n) is 9.01. The lowest BCUT2D eigenvalue weighted by molar-refractivity contribution is 0.0739. The van der Waals surface area contributed by atoms with E-state index in [-0.39, 0.29) is 11.3 Å². The third-order valence-corrected chi connectivity index (χ3v) is 5.15. The Morgan fingerprint density at radius 1 is 0.967 bits per heavy atom. The number of esters is 1. The van der Waals surface area contributed by atoms with Gasteiger partial charge in [-0.3, -0.25) is 4.79 Å². The number of fused-ring (bicyclic) bond motifs is 1. The van der Waals surface area contributed by atoms with Gasteiger partial charge < -0.3 is 9.84 Å². The van der Waals surface area contributed by atoms with Crippen molar-refractivity contribution >= 4 is 40.2 Å². The van der Waals surface area contributed by atoms with Crippen molar-refractivity contribution in [2.24, 2.45) is 5.10 Å². The lowest BCUT2D eigenvalue weighted by atomic mass is 10.1. The lowest BCUT2D eigenvalue weighted by Gasteiger charge is -2.06. The van der Waals surface area contributed by atoms with E-state index in [1.54, 1.807) is 48.5 Å². The topological polar surface area (TPSA) is 88.0 Å². The number of carbonyl (C=O) groups is 2. The van der Waals surface area contributed by atoms with Crippen LogP contribution in [0.25, 0.3) is 10.8 Å². The molecule has 30 heavy (non-hydrogen) atoms. The molecule has 1 amide bonds. The Hall–Kier alpha value is -3.97. The number of nitrogens with one attached hydrogen (secondary N) is 1. The molecule has 0 saturated heterocycles. The van der Waals surface area contributed by atoms with Gasteiger partial charge in [0.25, 0.3) is 5.91 Å². The third-order valence-electron chi connectivity index (χ3n) is 4.30. The number of ether oxygens (including phenoxy) is 1. The molecule has 0 bridgehead atoms. The Balaban J connectivity index is 1.39. The van der Waals surface area contributed by atoms with Gasteiger partial charge in [-0.25, -0.2) is 10.2 Å². The Morgan fingerprint density at radius 3 is 2.40 bits per heavy atom. The van der Waals surface area contributed by atoms with Crippen molar-refractivity contribution in [1.82, 2.24) is 5.43 Å². The van der Waals surface area contributed by atoms with Crippen LogP contribution in [0.3, 0.4) is 0 Å². The standard InChI is InChI=1S/C23H16N2O4S/c26-20-13-17-5-2-1-4-16(17)12-19(20)22(27)25-24-14-15-7-9-18(10-8-15)29-23(28)21-6-3-11-30-21/h1-14,26H,(H,25,27). The number of aromatic hydroxyl groups is 1. The molecule has 0 atom stereocenters. The van der Waals surface area contributed by atoms with Crippen molar-refractivity contribution in [3.8, 4) is 11.5 Å². The monoisotopic (exact) mass is 416 g/mol. The first kappa shape index (κ1) is 19.4. The van der Waals surface area contributed by atoms with E-state index in [1.807, 2.05) is 29.6 Å². The van der Waals surface area contributed by atoms with Gasteiger partial charge in [0.05, 0.1) is 11.8 Å². The Labute approximate surface area is 176 Å². The molecule has 0 aliphatic rings.